The first-order chi connectivity index (χ1) is 16.0. The third kappa shape index (κ3) is 5.11. The van der Waals surface area contributed by atoms with Crippen LogP contribution in [0.2, 0.25) is 0 Å². The summed E-state index contributed by atoms with van der Waals surface area (Å²) < 4.78 is 26.3. The van der Waals surface area contributed by atoms with Gasteiger partial charge in [-0.3, -0.25) is 9.59 Å². The van der Waals surface area contributed by atoms with Gasteiger partial charge < -0.3 is 20.4 Å². The number of piperidine rings is 1. The molecule has 6 nitrogen and oxygen atoms in total. The molecule has 0 aliphatic carbocycles. The minimum atomic E-state index is -2.39. The quantitative estimate of drug-likeness (QED) is 0.613. The summed E-state index contributed by atoms with van der Waals surface area (Å²) in [5, 5.41) is 6.70. The number of nitrogens with one attached hydrogen (secondary N) is 2. The molecule has 8 heteroatoms. The molecule has 3 aliphatic rings. The molecule has 3 heterocycles. The second-order valence-electron chi connectivity index (χ2n) is 8.92. The van der Waals surface area contributed by atoms with Crippen LogP contribution >= 0.6 is 0 Å². The molecule has 0 unspecified atom stereocenters. The Bertz CT molecular complexity index is 960. The molecule has 178 valence electrons. The minimum absolute atomic E-state index is 0.128. The third-order valence-electron chi connectivity index (χ3n) is 6.70. The molecule has 2 N–H and O–H groups in total. The zero-order chi connectivity index (χ0) is 23.4. The number of nitrogens with zero attached hydrogens (tertiary/aromatic N) is 2. The molecule has 1 amide bonds. The Kier molecular flexibility index (Phi) is 7.42. The summed E-state index contributed by atoms with van der Waals surface area (Å²) in [6.07, 6.45) is 3.33. The molecule has 1 aromatic carbocycles. The molecule has 0 radical (unpaired) electrons. The Labute approximate surface area is 193 Å². The van der Waals surface area contributed by atoms with E-state index in [1.54, 1.807) is 4.90 Å². The van der Waals surface area contributed by atoms with E-state index in [1.165, 1.54) is 0 Å². The summed E-state index contributed by atoms with van der Waals surface area (Å²) in [5.74, 6) is 0.112. The van der Waals surface area contributed by atoms with Gasteiger partial charge in [0.05, 0.1) is 0 Å². The summed E-state index contributed by atoms with van der Waals surface area (Å²) in [6.45, 7) is 5.35. The number of hydrogen-bond donors (Lipinski definition) is 2. The lowest BCUT2D eigenvalue weighted by molar-refractivity contribution is -0.130. The highest BCUT2D eigenvalue weighted by Crippen LogP contribution is 2.32. The second-order valence-corrected chi connectivity index (χ2v) is 8.92. The van der Waals surface area contributed by atoms with Crippen molar-refractivity contribution in [2.24, 2.45) is 5.92 Å². The lowest BCUT2D eigenvalue weighted by atomic mass is 9.95. The van der Waals surface area contributed by atoms with Gasteiger partial charge in [0.15, 0.2) is 0 Å². The fourth-order valence-corrected chi connectivity index (χ4v) is 4.91. The number of aldehydes is 1. The fourth-order valence-electron chi connectivity index (χ4n) is 4.91. The largest absolute Gasteiger partial charge is 0.367 e. The van der Waals surface area contributed by atoms with Gasteiger partial charge >= 0.3 is 0 Å². The maximum atomic E-state index is 13.2. The standard InChI is InChI=1S/C25H32F2N4O2/c1-2-28-13-20-12-22(8-7-19(20)16-32)31-10-4-5-17-11-21(14-29-24(17)31)25(33)30-9-3-6-18(15-30)23(26)27/h7-8,11-12,16,18,23,28-29H,2-6,9-10,13-15H2,1H3/t18-/m0/s1. The van der Waals surface area contributed by atoms with E-state index in [9.17, 15) is 18.4 Å². The number of allylic oxidation sites excluding steroid dienone is 2. The predicted octanol–water partition coefficient (Wildman–Crippen LogP) is 3.45. The van der Waals surface area contributed by atoms with Crippen molar-refractivity contribution < 1.29 is 18.4 Å². The van der Waals surface area contributed by atoms with Gasteiger partial charge in [-0.2, -0.15) is 0 Å². The van der Waals surface area contributed by atoms with Gasteiger partial charge in [0.2, 0.25) is 6.43 Å². The normalized spacial score (nSPS) is 21.0. The van der Waals surface area contributed by atoms with Crippen LogP contribution in [-0.2, 0) is 11.3 Å². The SMILES string of the molecule is CCNCc1cc(N2CCCC3=C2NCC(C(=O)N2CCC[C@H](C(F)F)C2)=C3)ccc1C=O. The van der Waals surface area contributed by atoms with Crippen LogP contribution in [-0.4, -0.2) is 56.2 Å². The molecule has 0 aromatic heterocycles. The van der Waals surface area contributed by atoms with Crippen molar-refractivity contribution in [3.63, 3.8) is 0 Å². The predicted molar refractivity (Wildman–Crippen MR) is 124 cm³/mol. The van der Waals surface area contributed by atoms with Crippen molar-refractivity contribution in [3.8, 4) is 0 Å². The van der Waals surface area contributed by atoms with Crippen LogP contribution < -0.4 is 15.5 Å². The maximum Gasteiger partial charge on any atom is 0.251 e. The van der Waals surface area contributed by atoms with Crippen molar-refractivity contribution >= 4 is 17.9 Å². The van der Waals surface area contributed by atoms with E-state index >= 15 is 0 Å². The summed E-state index contributed by atoms with van der Waals surface area (Å²) >= 11 is 0. The highest BCUT2D eigenvalue weighted by Gasteiger charge is 2.32. The third-order valence-corrected chi connectivity index (χ3v) is 6.70. The Morgan fingerprint density at radius 1 is 1.30 bits per heavy atom. The number of alkyl halides is 2. The summed E-state index contributed by atoms with van der Waals surface area (Å²) in [6, 6.07) is 5.86. The van der Waals surface area contributed by atoms with Crippen molar-refractivity contribution in [2.45, 2.75) is 45.6 Å². The van der Waals surface area contributed by atoms with E-state index in [4.69, 9.17) is 0 Å². The Balaban J connectivity index is 1.55. The molecule has 1 fully saturated rings. The number of benzene rings is 1. The van der Waals surface area contributed by atoms with Gasteiger partial charge in [0, 0.05) is 55.5 Å². The summed E-state index contributed by atoms with van der Waals surface area (Å²) in [4.78, 5) is 28.3. The molecule has 1 saturated heterocycles. The van der Waals surface area contributed by atoms with Crippen LogP contribution in [0.25, 0.3) is 0 Å². The zero-order valence-corrected chi connectivity index (χ0v) is 19.1. The molecule has 4 rings (SSSR count). The van der Waals surface area contributed by atoms with Crippen LogP contribution in [0.3, 0.4) is 0 Å². The van der Waals surface area contributed by atoms with Crippen LogP contribution in [0.4, 0.5) is 14.5 Å². The Hall–Kier alpha value is -2.74. The van der Waals surface area contributed by atoms with E-state index in [0.717, 1.165) is 54.9 Å². The van der Waals surface area contributed by atoms with Gasteiger partial charge in [-0.15, -0.1) is 0 Å². The molecule has 3 aliphatic heterocycles. The van der Waals surface area contributed by atoms with Crippen molar-refractivity contribution in [1.82, 2.24) is 15.5 Å². The average Bonchev–Trinajstić information content (AvgIpc) is 2.86. The van der Waals surface area contributed by atoms with Crippen molar-refractivity contribution in [3.05, 3.63) is 52.4 Å². The van der Waals surface area contributed by atoms with E-state index in [2.05, 4.69) is 15.5 Å². The molecule has 33 heavy (non-hydrogen) atoms. The van der Waals surface area contributed by atoms with Crippen LogP contribution in [0, 0.1) is 5.92 Å². The molecule has 0 spiro atoms. The highest BCUT2D eigenvalue weighted by atomic mass is 19.3. The number of amides is 1. The smallest absolute Gasteiger partial charge is 0.251 e. The first-order valence-electron chi connectivity index (χ1n) is 11.8. The lowest BCUT2D eigenvalue weighted by Gasteiger charge is -2.38. The van der Waals surface area contributed by atoms with Crippen molar-refractivity contribution in [1.29, 1.82) is 0 Å². The number of halogens is 2. The molecular weight excluding hydrogens is 426 g/mol. The summed E-state index contributed by atoms with van der Waals surface area (Å²) in [5.41, 5.74) is 4.34. The maximum absolute atomic E-state index is 13.2. The fraction of sp³-hybridized carbons (Fsp3) is 0.520. The number of anilines is 1. The van der Waals surface area contributed by atoms with Gasteiger partial charge in [-0.25, -0.2) is 8.78 Å². The number of carbonyl (C=O) groups excluding carboxylic acids is 2. The number of likely N-dealkylation sites (tertiary alicyclic amines) is 1. The van der Waals surface area contributed by atoms with Crippen molar-refractivity contribution in [2.75, 3.05) is 37.6 Å². The minimum Gasteiger partial charge on any atom is -0.367 e. The Morgan fingerprint density at radius 3 is 2.91 bits per heavy atom. The molecule has 1 atom stereocenters. The first-order valence-corrected chi connectivity index (χ1v) is 11.8. The van der Waals surface area contributed by atoms with E-state index in [-0.39, 0.29) is 12.5 Å². The molecule has 1 aromatic rings. The Morgan fingerprint density at radius 2 is 2.15 bits per heavy atom. The van der Waals surface area contributed by atoms with Crippen LogP contribution in [0.15, 0.2) is 41.2 Å². The number of carbonyl (C=O) groups is 2. The molecule has 0 saturated carbocycles. The first kappa shape index (κ1) is 23.4. The monoisotopic (exact) mass is 458 g/mol. The highest BCUT2D eigenvalue weighted by molar-refractivity contribution is 5.95. The van der Waals surface area contributed by atoms with Gasteiger partial charge in [-0.1, -0.05) is 6.92 Å². The lowest BCUT2D eigenvalue weighted by Crippen LogP contribution is -2.46. The van der Waals surface area contributed by atoms with Gasteiger partial charge in [0.1, 0.15) is 12.1 Å². The van der Waals surface area contributed by atoms with E-state index in [1.807, 2.05) is 31.2 Å². The number of dihydropyridines is 1. The van der Waals surface area contributed by atoms with E-state index < -0.39 is 12.3 Å². The number of rotatable bonds is 7. The average molecular weight is 459 g/mol. The van der Waals surface area contributed by atoms with Gasteiger partial charge in [-0.05, 0) is 67.6 Å². The van der Waals surface area contributed by atoms with Crippen LogP contribution in [0.5, 0.6) is 0 Å². The number of hydrogen-bond acceptors (Lipinski definition) is 5. The second kappa shape index (κ2) is 10.5. The zero-order valence-electron chi connectivity index (χ0n) is 19.1. The summed E-state index contributed by atoms with van der Waals surface area (Å²) in [7, 11) is 0. The topological polar surface area (TPSA) is 64.7 Å². The molecular formula is C25H32F2N4O2. The van der Waals surface area contributed by atoms with Gasteiger partial charge in [0.25, 0.3) is 5.91 Å². The van der Waals surface area contributed by atoms with Crippen LogP contribution in [0.1, 0.15) is 48.5 Å². The van der Waals surface area contributed by atoms with E-state index in [0.29, 0.717) is 43.6 Å². The molecule has 0 bridgehead atoms.